The lowest BCUT2D eigenvalue weighted by Crippen LogP contribution is -2.38. The Hall–Kier alpha value is -1.30. The summed E-state index contributed by atoms with van der Waals surface area (Å²) in [5.74, 6) is -0.429. The number of hydrogen-bond acceptors (Lipinski definition) is 4. The summed E-state index contributed by atoms with van der Waals surface area (Å²) in [4.78, 5) is 26.7. The fourth-order valence-corrected chi connectivity index (χ4v) is 2.76. The van der Waals surface area contributed by atoms with Gasteiger partial charge in [0, 0.05) is 25.7 Å². The summed E-state index contributed by atoms with van der Waals surface area (Å²) in [6.45, 7) is 7.81. The molecule has 0 radical (unpaired) electrons. The van der Waals surface area contributed by atoms with Crippen LogP contribution in [-0.2, 0) is 9.53 Å². The Morgan fingerprint density at radius 1 is 1.29 bits per heavy atom. The van der Waals surface area contributed by atoms with Crippen LogP contribution in [-0.4, -0.2) is 64.8 Å². The number of carbonyl (C=O) groups is 2. The summed E-state index contributed by atoms with van der Waals surface area (Å²) in [6, 6.07) is 0.427. The van der Waals surface area contributed by atoms with Crippen LogP contribution in [0.15, 0.2) is 0 Å². The van der Waals surface area contributed by atoms with Crippen LogP contribution in [0.4, 0.5) is 4.79 Å². The Morgan fingerprint density at radius 2 is 1.95 bits per heavy atom. The highest BCUT2D eigenvalue weighted by molar-refractivity contribution is 5.69. The monoisotopic (exact) mass is 298 g/mol. The van der Waals surface area contributed by atoms with Gasteiger partial charge in [-0.3, -0.25) is 9.69 Å². The molecule has 21 heavy (non-hydrogen) atoms. The number of rotatable bonds is 5. The zero-order valence-electron chi connectivity index (χ0n) is 13.2. The van der Waals surface area contributed by atoms with Crippen molar-refractivity contribution in [3.8, 4) is 0 Å². The van der Waals surface area contributed by atoms with Crippen molar-refractivity contribution in [2.75, 3.05) is 26.2 Å². The van der Waals surface area contributed by atoms with Crippen LogP contribution in [0.2, 0.25) is 0 Å². The number of hydrogen-bond donors (Lipinski definition) is 1. The van der Waals surface area contributed by atoms with Gasteiger partial charge in [0.15, 0.2) is 0 Å². The van der Waals surface area contributed by atoms with Crippen molar-refractivity contribution in [3.63, 3.8) is 0 Å². The molecule has 2 aliphatic rings. The Labute approximate surface area is 126 Å². The third-order valence-corrected chi connectivity index (χ3v) is 3.83. The molecule has 1 aliphatic carbocycles. The van der Waals surface area contributed by atoms with Gasteiger partial charge in [-0.1, -0.05) is 0 Å². The van der Waals surface area contributed by atoms with E-state index < -0.39 is 11.6 Å². The van der Waals surface area contributed by atoms with E-state index in [4.69, 9.17) is 9.84 Å². The van der Waals surface area contributed by atoms with Gasteiger partial charge in [-0.15, -0.1) is 0 Å². The van der Waals surface area contributed by atoms with Crippen molar-refractivity contribution in [1.82, 2.24) is 9.80 Å². The molecule has 120 valence electrons. The van der Waals surface area contributed by atoms with E-state index in [1.165, 1.54) is 0 Å². The number of nitrogens with zero attached hydrogens (tertiary/aromatic N) is 2. The first-order valence-corrected chi connectivity index (χ1v) is 7.68. The lowest BCUT2D eigenvalue weighted by atomic mass is 10.1. The Bertz CT molecular complexity index is 401. The van der Waals surface area contributed by atoms with Gasteiger partial charge < -0.3 is 14.7 Å². The van der Waals surface area contributed by atoms with E-state index in [2.05, 4.69) is 0 Å². The first kappa shape index (κ1) is 16.1. The predicted molar refractivity (Wildman–Crippen MR) is 78.1 cm³/mol. The van der Waals surface area contributed by atoms with Crippen molar-refractivity contribution in [2.24, 2.45) is 5.92 Å². The van der Waals surface area contributed by atoms with Crippen LogP contribution < -0.4 is 0 Å². The second-order valence-electron chi connectivity index (χ2n) is 7.14. The van der Waals surface area contributed by atoms with Crippen molar-refractivity contribution >= 4 is 12.1 Å². The number of carboxylic acids is 1. The fourth-order valence-electron chi connectivity index (χ4n) is 2.76. The van der Waals surface area contributed by atoms with Gasteiger partial charge in [-0.05, 0) is 46.0 Å². The highest BCUT2D eigenvalue weighted by Gasteiger charge is 2.35. The highest BCUT2D eigenvalue weighted by atomic mass is 16.6. The molecule has 1 saturated carbocycles. The summed E-state index contributed by atoms with van der Waals surface area (Å²) < 4.78 is 5.38. The number of likely N-dealkylation sites (tertiary alicyclic amines) is 1. The van der Waals surface area contributed by atoms with Crippen molar-refractivity contribution in [2.45, 2.75) is 51.7 Å². The molecule has 1 amide bonds. The van der Waals surface area contributed by atoms with Crippen LogP contribution in [0.1, 0.15) is 40.0 Å². The van der Waals surface area contributed by atoms with Gasteiger partial charge >= 0.3 is 12.1 Å². The van der Waals surface area contributed by atoms with Crippen molar-refractivity contribution in [3.05, 3.63) is 0 Å². The molecule has 0 aromatic rings. The maximum atomic E-state index is 12.0. The number of ether oxygens (including phenoxy) is 1. The van der Waals surface area contributed by atoms with E-state index in [1.54, 1.807) is 4.90 Å². The summed E-state index contributed by atoms with van der Waals surface area (Å²) in [7, 11) is 0. The van der Waals surface area contributed by atoms with Crippen LogP contribution in [0, 0.1) is 5.92 Å². The largest absolute Gasteiger partial charge is 0.480 e. The van der Waals surface area contributed by atoms with Gasteiger partial charge in [0.2, 0.25) is 0 Å². The van der Waals surface area contributed by atoms with Gasteiger partial charge in [-0.25, -0.2) is 4.79 Å². The summed E-state index contributed by atoms with van der Waals surface area (Å²) in [6.07, 6.45) is 2.84. The minimum Gasteiger partial charge on any atom is -0.480 e. The first-order valence-electron chi connectivity index (χ1n) is 7.68. The molecule has 1 N–H and O–H groups in total. The standard InChI is InChI=1S/C15H26N2O4/c1-15(2,3)21-14(20)16-7-6-11(8-16)9-17(10-13(18)19)12-4-5-12/h11-12H,4-10H2,1-3H3,(H,18,19). The summed E-state index contributed by atoms with van der Waals surface area (Å²) in [5, 5.41) is 8.98. The molecule has 1 unspecified atom stereocenters. The molecular formula is C15H26N2O4. The van der Waals surface area contributed by atoms with Gasteiger partial charge in [0.1, 0.15) is 5.60 Å². The van der Waals surface area contributed by atoms with E-state index in [0.717, 1.165) is 25.8 Å². The number of aliphatic carboxylic acids is 1. The van der Waals surface area contributed by atoms with Crippen LogP contribution in [0.25, 0.3) is 0 Å². The Balaban J connectivity index is 1.81. The maximum absolute atomic E-state index is 12.0. The van der Waals surface area contributed by atoms with E-state index in [9.17, 15) is 9.59 Å². The quantitative estimate of drug-likeness (QED) is 0.838. The smallest absolute Gasteiger partial charge is 0.410 e. The fraction of sp³-hybridized carbons (Fsp3) is 0.867. The van der Waals surface area contributed by atoms with Crippen LogP contribution in [0.5, 0.6) is 0 Å². The highest BCUT2D eigenvalue weighted by Crippen LogP contribution is 2.29. The SMILES string of the molecule is CC(C)(C)OC(=O)N1CCC(CN(CC(=O)O)C2CC2)C1. The molecule has 0 bridgehead atoms. The third kappa shape index (κ3) is 5.19. The Morgan fingerprint density at radius 3 is 2.48 bits per heavy atom. The molecular weight excluding hydrogens is 272 g/mol. The first-order chi connectivity index (χ1) is 9.74. The van der Waals surface area contributed by atoms with Gasteiger partial charge in [-0.2, -0.15) is 0 Å². The average molecular weight is 298 g/mol. The molecule has 1 heterocycles. The van der Waals surface area contributed by atoms with Gasteiger partial charge in [0.05, 0.1) is 6.54 Å². The maximum Gasteiger partial charge on any atom is 0.410 e. The number of carbonyl (C=O) groups excluding carboxylic acids is 1. The minimum absolute atomic E-state index is 0.105. The number of amides is 1. The second-order valence-corrected chi connectivity index (χ2v) is 7.14. The number of carboxylic acid groups (broad SMARTS) is 1. The normalized spacial score (nSPS) is 22.7. The van der Waals surface area contributed by atoms with E-state index >= 15 is 0 Å². The van der Waals surface area contributed by atoms with Crippen LogP contribution in [0.3, 0.4) is 0 Å². The molecule has 6 nitrogen and oxygen atoms in total. The molecule has 2 fully saturated rings. The molecule has 1 saturated heterocycles. The zero-order chi connectivity index (χ0) is 15.6. The molecule has 2 rings (SSSR count). The lowest BCUT2D eigenvalue weighted by Gasteiger charge is -2.26. The van der Waals surface area contributed by atoms with Crippen molar-refractivity contribution < 1.29 is 19.4 Å². The Kier molecular flexibility index (Phi) is 4.76. The minimum atomic E-state index is -0.774. The lowest BCUT2D eigenvalue weighted by molar-refractivity contribution is -0.138. The molecule has 6 heteroatoms. The second kappa shape index (κ2) is 6.22. The van der Waals surface area contributed by atoms with E-state index in [0.29, 0.717) is 25.0 Å². The molecule has 0 aromatic carbocycles. The predicted octanol–water partition coefficient (Wildman–Crippen LogP) is 1.79. The molecule has 0 aromatic heterocycles. The van der Waals surface area contributed by atoms with Gasteiger partial charge in [0.25, 0.3) is 0 Å². The van der Waals surface area contributed by atoms with E-state index in [1.807, 2.05) is 25.7 Å². The van der Waals surface area contributed by atoms with Crippen LogP contribution >= 0.6 is 0 Å². The molecule has 1 atom stereocenters. The average Bonchev–Trinajstić information content (AvgIpc) is 3.06. The molecule has 1 aliphatic heterocycles. The topological polar surface area (TPSA) is 70.1 Å². The zero-order valence-corrected chi connectivity index (χ0v) is 13.2. The van der Waals surface area contributed by atoms with E-state index in [-0.39, 0.29) is 12.6 Å². The van der Waals surface area contributed by atoms with Crippen molar-refractivity contribution in [1.29, 1.82) is 0 Å². The molecule has 0 spiro atoms. The summed E-state index contributed by atoms with van der Waals surface area (Å²) >= 11 is 0. The third-order valence-electron chi connectivity index (χ3n) is 3.83. The summed E-state index contributed by atoms with van der Waals surface area (Å²) in [5.41, 5.74) is -0.474.